The third-order valence-corrected chi connectivity index (χ3v) is 1.43. The summed E-state index contributed by atoms with van der Waals surface area (Å²) in [7, 11) is 0. The quantitative estimate of drug-likeness (QED) is 0.640. The number of pyridine rings is 1. The number of rotatable bonds is 3. The Bertz CT molecular complexity index is 214. The van der Waals surface area contributed by atoms with Crippen molar-refractivity contribution in [3.05, 3.63) is 36.2 Å². The Hall–Kier alpha value is -1.11. The molecule has 0 saturated heterocycles. The number of hydrogen-bond donors (Lipinski definition) is 0. The van der Waals surface area contributed by atoms with E-state index in [1.807, 2.05) is 24.4 Å². The van der Waals surface area contributed by atoms with E-state index >= 15 is 0 Å². The SMILES string of the molecule is CCCC=Cc1ccccn1. The van der Waals surface area contributed by atoms with E-state index < -0.39 is 0 Å². The van der Waals surface area contributed by atoms with Gasteiger partial charge in [-0.25, -0.2) is 0 Å². The highest BCUT2D eigenvalue weighted by atomic mass is 14.6. The van der Waals surface area contributed by atoms with Crippen LogP contribution in [0, 0.1) is 0 Å². The molecule has 0 unspecified atom stereocenters. The highest BCUT2D eigenvalue weighted by Crippen LogP contribution is 1.98. The topological polar surface area (TPSA) is 12.9 Å². The molecule has 1 heteroatoms. The van der Waals surface area contributed by atoms with Crippen molar-refractivity contribution in [3.8, 4) is 0 Å². The zero-order chi connectivity index (χ0) is 7.94. The van der Waals surface area contributed by atoms with Gasteiger partial charge in [0, 0.05) is 6.20 Å². The zero-order valence-electron chi connectivity index (χ0n) is 6.83. The minimum atomic E-state index is 1.04. The molecule has 0 aromatic carbocycles. The van der Waals surface area contributed by atoms with Gasteiger partial charge >= 0.3 is 0 Å². The Balaban J connectivity index is 2.50. The maximum absolute atomic E-state index is 4.16. The molecule has 58 valence electrons. The molecule has 0 aliphatic carbocycles. The molecule has 0 atom stereocenters. The van der Waals surface area contributed by atoms with E-state index in [1.54, 1.807) is 0 Å². The number of nitrogens with zero attached hydrogens (tertiary/aromatic N) is 1. The predicted molar refractivity (Wildman–Crippen MR) is 48.2 cm³/mol. The molecule has 0 bridgehead atoms. The lowest BCUT2D eigenvalue weighted by atomic mass is 10.2. The smallest absolute Gasteiger partial charge is 0.0626 e. The summed E-state index contributed by atoms with van der Waals surface area (Å²) in [5, 5.41) is 0. The van der Waals surface area contributed by atoms with Crippen LogP contribution in [-0.4, -0.2) is 4.98 Å². The highest BCUT2D eigenvalue weighted by Gasteiger charge is 1.81. The lowest BCUT2D eigenvalue weighted by Gasteiger charge is -1.88. The lowest BCUT2D eigenvalue weighted by molar-refractivity contribution is 0.962. The van der Waals surface area contributed by atoms with Crippen LogP contribution in [0.15, 0.2) is 30.5 Å². The van der Waals surface area contributed by atoms with Crippen LogP contribution in [0.4, 0.5) is 0 Å². The molecule has 0 N–H and O–H groups in total. The van der Waals surface area contributed by atoms with Gasteiger partial charge in [-0.1, -0.05) is 25.5 Å². The first-order valence-corrected chi connectivity index (χ1v) is 4.01. The molecular weight excluding hydrogens is 134 g/mol. The van der Waals surface area contributed by atoms with Gasteiger partial charge in [-0.3, -0.25) is 4.98 Å². The van der Waals surface area contributed by atoms with Crippen LogP contribution in [0.25, 0.3) is 6.08 Å². The third-order valence-electron chi connectivity index (χ3n) is 1.43. The van der Waals surface area contributed by atoms with Crippen LogP contribution in [0.5, 0.6) is 0 Å². The second-order valence-corrected chi connectivity index (χ2v) is 2.45. The second-order valence-electron chi connectivity index (χ2n) is 2.45. The average Bonchev–Trinajstić information content (AvgIpc) is 2.07. The number of aromatic nitrogens is 1. The summed E-state index contributed by atoms with van der Waals surface area (Å²) >= 11 is 0. The first-order chi connectivity index (χ1) is 5.43. The molecule has 11 heavy (non-hydrogen) atoms. The van der Waals surface area contributed by atoms with Gasteiger partial charge in [0.1, 0.15) is 0 Å². The van der Waals surface area contributed by atoms with Crippen molar-refractivity contribution in [2.45, 2.75) is 19.8 Å². The van der Waals surface area contributed by atoms with Crippen LogP contribution in [0.3, 0.4) is 0 Å². The van der Waals surface area contributed by atoms with Gasteiger partial charge in [0.25, 0.3) is 0 Å². The van der Waals surface area contributed by atoms with Crippen molar-refractivity contribution in [1.82, 2.24) is 4.98 Å². The van der Waals surface area contributed by atoms with Gasteiger partial charge in [0.15, 0.2) is 0 Å². The summed E-state index contributed by atoms with van der Waals surface area (Å²) < 4.78 is 0. The van der Waals surface area contributed by atoms with Crippen LogP contribution in [0.1, 0.15) is 25.5 Å². The Morgan fingerprint density at radius 2 is 2.36 bits per heavy atom. The Morgan fingerprint density at radius 1 is 1.45 bits per heavy atom. The van der Waals surface area contributed by atoms with Crippen molar-refractivity contribution < 1.29 is 0 Å². The molecule has 0 amide bonds. The summed E-state index contributed by atoms with van der Waals surface area (Å²) in [4.78, 5) is 4.16. The van der Waals surface area contributed by atoms with E-state index in [-0.39, 0.29) is 0 Å². The second kappa shape index (κ2) is 4.67. The third kappa shape index (κ3) is 2.99. The highest BCUT2D eigenvalue weighted by molar-refractivity contribution is 5.43. The van der Waals surface area contributed by atoms with E-state index in [0.29, 0.717) is 0 Å². The normalized spacial score (nSPS) is 10.6. The zero-order valence-corrected chi connectivity index (χ0v) is 6.83. The molecule has 1 aromatic rings. The predicted octanol–water partition coefficient (Wildman–Crippen LogP) is 2.89. The summed E-state index contributed by atoms with van der Waals surface area (Å²) in [5.74, 6) is 0. The maximum Gasteiger partial charge on any atom is 0.0626 e. The monoisotopic (exact) mass is 147 g/mol. The molecule has 1 nitrogen and oxygen atoms in total. The molecule has 1 aromatic heterocycles. The molecule has 0 radical (unpaired) electrons. The minimum absolute atomic E-state index is 1.04. The lowest BCUT2D eigenvalue weighted by Crippen LogP contribution is -1.75. The van der Waals surface area contributed by atoms with Crippen LogP contribution in [-0.2, 0) is 0 Å². The largest absolute Gasteiger partial charge is 0.257 e. The van der Waals surface area contributed by atoms with Gasteiger partial charge in [-0.05, 0) is 24.6 Å². The van der Waals surface area contributed by atoms with Gasteiger partial charge < -0.3 is 0 Å². The van der Waals surface area contributed by atoms with E-state index in [4.69, 9.17) is 0 Å². The molecule has 0 fully saturated rings. The fourth-order valence-electron chi connectivity index (χ4n) is 0.845. The van der Waals surface area contributed by atoms with E-state index in [1.165, 1.54) is 6.42 Å². The fourth-order valence-corrected chi connectivity index (χ4v) is 0.845. The fraction of sp³-hybridized carbons (Fsp3) is 0.300. The molecule has 1 rings (SSSR count). The van der Waals surface area contributed by atoms with Crippen molar-refractivity contribution in [2.24, 2.45) is 0 Å². The number of hydrogen-bond acceptors (Lipinski definition) is 1. The van der Waals surface area contributed by atoms with Crippen LogP contribution < -0.4 is 0 Å². The molecule has 0 aliphatic rings. The summed E-state index contributed by atoms with van der Waals surface area (Å²) in [5.41, 5.74) is 1.04. The Labute approximate surface area is 67.8 Å². The molecule has 0 spiro atoms. The number of unbranched alkanes of at least 4 members (excludes halogenated alkanes) is 1. The molecule has 0 saturated carbocycles. The summed E-state index contributed by atoms with van der Waals surface area (Å²) in [6.07, 6.45) is 8.36. The van der Waals surface area contributed by atoms with Crippen molar-refractivity contribution in [2.75, 3.05) is 0 Å². The Morgan fingerprint density at radius 3 is 3.00 bits per heavy atom. The molecular formula is C10H13N. The minimum Gasteiger partial charge on any atom is -0.257 e. The first kappa shape index (κ1) is 7.99. The van der Waals surface area contributed by atoms with Gasteiger partial charge in [-0.2, -0.15) is 0 Å². The van der Waals surface area contributed by atoms with Crippen molar-refractivity contribution in [3.63, 3.8) is 0 Å². The van der Waals surface area contributed by atoms with Gasteiger partial charge in [-0.15, -0.1) is 0 Å². The van der Waals surface area contributed by atoms with Crippen LogP contribution >= 0.6 is 0 Å². The van der Waals surface area contributed by atoms with E-state index in [2.05, 4.69) is 24.1 Å². The van der Waals surface area contributed by atoms with Gasteiger partial charge in [0.05, 0.1) is 5.69 Å². The Kier molecular flexibility index (Phi) is 3.39. The van der Waals surface area contributed by atoms with Crippen molar-refractivity contribution in [1.29, 1.82) is 0 Å². The molecule has 1 heterocycles. The van der Waals surface area contributed by atoms with E-state index in [0.717, 1.165) is 12.1 Å². The average molecular weight is 147 g/mol. The first-order valence-electron chi connectivity index (χ1n) is 4.01. The van der Waals surface area contributed by atoms with E-state index in [9.17, 15) is 0 Å². The number of allylic oxidation sites excluding steroid dienone is 1. The standard InChI is InChI=1S/C10H13N/c1-2-3-4-7-10-8-5-6-9-11-10/h4-9H,2-3H2,1H3. The maximum atomic E-state index is 4.16. The molecule has 0 aliphatic heterocycles. The summed E-state index contributed by atoms with van der Waals surface area (Å²) in [6, 6.07) is 5.93. The van der Waals surface area contributed by atoms with Gasteiger partial charge in [0.2, 0.25) is 0 Å². The van der Waals surface area contributed by atoms with Crippen molar-refractivity contribution >= 4 is 6.08 Å². The summed E-state index contributed by atoms with van der Waals surface area (Å²) in [6.45, 7) is 2.17. The van der Waals surface area contributed by atoms with Crippen LogP contribution in [0.2, 0.25) is 0 Å².